The average Bonchev–Trinajstić information content (AvgIpc) is 3.13. The number of nitrogens with zero attached hydrogens (tertiary/aromatic N) is 1. The average molecular weight is 353 g/mol. The van der Waals surface area contributed by atoms with E-state index in [1.165, 1.54) is 18.4 Å². The maximum atomic E-state index is 13.1. The van der Waals surface area contributed by atoms with Crippen LogP contribution in [-0.4, -0.2) is 19.0 Å². The third-order valence-corrected chi connectivity index (χ3v) is 4.90. The van der Waals surface area contributed by atoms with Gasteiger partial charge in [-0.2, -0.15) is 0 Å². The molecule has 0 fully saturated rings. The molecule has 2 aromatic rings. The van der Waals surface area contributed by atoms with Gasteiger partial charge in [0.05, 0.1) is 18.3 Å². The van der Waals surface area contributed by atoms with E-state index in [9.17, 15) is 9.59 Å². The standard InChI is InChI=1S/C20H19NO3S/c1-12-8-13(2)10-15(9-12)21-14(3)18(20(23)24-4)17(19(21)22)11-16-6-5-7-25-16/h5-11H,1-4H3/b17-11-. The number of allylic oxidation sites excluding steroid dienone is 1. The van der Waals surface area contributed by atoms with Gasteiger partial charge in [0.15, 0.2) is 0 Å². The summed E-state index contributed by atoms with van der Waals surface area (Å²) in [5.41, 5.74) is 4.16. The van der Waals surface area contributed by atoms with Gasteiger partial charge in [-0.25, -0.2) is 4.79 Å². The summed E-state index contributed by atoms with van der Waals surface area (Å²) in [5.74, 6) is -0.711. The van der Waals surface area contributed by atoms with Crippen LogP contribution in [0.4, 0.5) is 5.69 Å². The molecule has 0 spiro atoms. The largest absolute Gasteiger partial charge is 0.465 e. The molecule has 1 aliphatic rings. The highest BCUT2D eigenvalue weighted by Gasteiger charge is 2.38. The number of thiophene rings is 1. The lowest BCUT2D eigenvalue weighted by molar-refractivity contribution is -0.136. The molecule has 0 bridgehead atoms. The molecular formula is C20H19NO3S. The molecule has 128 valence electrons. The number of ether oxygens (including phenoxy) is 1. The van der Waals surface area contributed by atoms with Crippen molar-refractivity contribution in [3.8, 4) is 0 Å². The Balaban J connectivity index is 2.16. The Morgan fingerprint density at radius 1 is 1.16 bits per heavy atom. The smallest absolute Gasteiger partial charge is 0.340 e. The lowest BCUT2D eigenvalue weighted by Gasteiger charge is -2.19. The summed E-state index contributed by atoms with van der Waals surface area (Å²) < 4.78 is 4.92. The molecule has 25 heavy (non-hydrogen) atoms. The first-order valence-electron chi connectivity index (χ1n) is 7.90. The van der Waals surface area contributed by atoms with Gasteiger partial charge >= 0.3 is 5.97 Å². The third kappa shape index (κ3) is 3.15. The van der Waals surface area contributed by atoms with Crippen LogP contribution in [-0.2, 0) is 14.3 Å². The van der Waals surface area contributed by atoms with Crippen LogP contribution >= 0.6 is 11.3 Å². The van der Waals surface area contributed by atoms with Crippen molar-refractivity contribution in [1.82, 2.24) is 0 Å². The van der Waals surface area contributed by atoms with E-state index in [2.05, 4.69) is 0 Å². The molecule has 0 unspecified atom stereocenters. The van der Waals surface area contributed by atoms with Crippen molar-refractivity contribution >= 4 is 35.0 Å². The molecule has 2 heterocycles. The van der Waals surface area contributed by atoms with E-state index in [1.807, 2.05) is 49.6 Å². The van der Waals surface area contributed by atoms with Crippen molar-refractivity contribution < 1.29 is 14.3 Å². The Morgan fingerprint density at radius 3 is 2.40 bits per heavy atom. The molecule has 1 aliphatic heterocycles. The number of methoxy groups -OCH3 is 1. The maximum Gasteiger partial charge on any atom is 0.340 e. The first-order chi connectivity index (χ1) is 11.9. The summed E-state index contributed by atoms with van der Waals surface area (Å²) in [5, 5.41) is 1.93. The van der Waals surface area contributed by atoms with Gasteiger partial charge in [-0.1, -0.05) is 12.1 Å². The number of hydrogen-bond acceptors (Lipinski definition) is 4. The number of aryl methyl sites for hydroxylation is 2. The van der Waals surface area contributed by atoms with Crippen molar-refractivity contribution in [2.24, 2.45) is 0 Å². The van der Waals surface area contributed by atoms with Gasteiger partial charge in [-0.05, 0) is 61.6 Å². The Kier molecular flexibility index (Phi) is 4.59. The topological polar surface area (TPSA) is 46.6 Å². The van der Waals surface area contributed by atoms with Crippen molar-refractivity contribution in [2.75, 3.05) is 12.0 Å². The quantitative estimate of drug-likeness (QED) is 0.612. The van der Waals surface area contributed by atoms with E-state index in [1.54, 1.807) is 17.9 Å². The monoisotopic (exact) mass is 353 g/mol. The van der Waals surface area contributed by atoms with Crippen LogP contribution < -0.4 is 4.90 Å². The second-order valence-corrected chi connectivity index (χ2v) is 6.99. The zero-order valence-corrected chi connectivity index (χ0v) is 15.4. The third-order valence-electron chi connectivity index (χ3n) is 4.08. The van der Waals surface area contributed by atoms with E-state index in [0.29, 0.717) is 16.8 Å². The fourth-order valence-corrected chi connectivity index (χ4v) is 3.74. The van der Waals surface area contributed by atoms with Gasteiger partial charge in [-0.15, -0.1) is 11.3 Å². The summed E-state index contributed by atoms with van der Waals surface area (Å²) in [6.45, 7) is 5.75. The molecule has 0 atom stereocenters. The minimum absolute atomic E-state index is 0.212. The first-order valence-corrected chi connectivity index (χ1v) is 8.78. The summed E-state index contributed by atoms with van der Waals surface area (Å²) in [4.78, 5) is 27.9. The number of carbonyl (C=O) groups excluding carboxylic acids is 2. The van der Waals surface area contributed by atoms with Gasteiger partial charge < -0.3 is 4.74 Å². The zero-order chi connectivity index (χ0) is 18.1. The molecule has 0 saturated carbocycles. The van der Waals surface area contributed by atoms with Crippen LogP contribution in [0.5, 0.6) is 0 Å². The Labute approximate surface area is 151 Å². The number of amides is 1. The highest BCUT2D eigenvalue weighted by molar-refractivity contribution is 7.10. The number of anilines is 1. The van der Waals surface area contributed by atoms with E-state index >= 15 is 0 Å². The zero-order valence-electron chi connectivity index (χ0n) is 14.6. The molecule has 0 aliphatic carbocycles. The first kappa shape index (κ1) is 17.2. The molecule has 5 heteroatoms. The fourth-order valence-electron chi connectivity index (χ4n) is 3.09. The van der Waals surface area contributed by atoms with Gasteiger partial charge in [-0.3, -0.25) is 9.69 Å². The van der Waals surface area contributed by atoms with Gasteiger partial charge in [0.25, 0.3) is 5.91 Å². The highest BCUT2D eigenvalue weighted by Crippen LogP contribution is 2.36. The molecule has 0 saturated heterocycles. The van der Waals surface area contributed by atoms with Crippen LogP contribution in [0, 0.1) is 13.8 Å². The number of esters is 1. The molecule has 1 aromatic heterocycles. The van der Waals surface area contributed by atoms with Crippen molar-refractivity contribution in [2.45, 2.75) is 20.8 Å². The predicted molar refractivity (Wildman–Crippen MR) is 100 cm³/mol. The van der Waals surface area contributed by atoms with Crippen LogP contribution in [0.25, 0.3) is 6.08 Å². The number of rotatable bonds is 3. The second-order valence-electron chi connectivity index (χ2n) is 6.01. The van der Waals surface area contributed by atoms with E-state index < -0.39 is 5.97 Å². The normalized spacial score (nSPS) is 16.1. The van der Waals surface area contributed by atoms with E-state index in [-0.39, 0.29) is 5.91 Å². The van der Waals surface area contributed by atoms with Crippen molar-refractivity contribution in [3.63, 3.8) is 0 Å². The molecule has 0 radical (unpaired) electrons. The van der Waals surface area contributed by atoms with Gasteiger partial charge in [0.1, 0.15) is 0 Å². The molecule has 4 nitrogen and oxygen atoms in total. The molecule has 3 rings (SSSR count). The SMILES string of the molecule is COC(=O)C1=C(C)N(c2cc(C)cc(C)c2)C(=O)/C1=C\c1cccs1. The fraction of sp³-hybridized carbons (Fsp3) is 0.200. The Hall–Kier alpha value is -2.66. The molecule has 1 aromatic carbocycles. The van der Waals surface area contributed by atoms with Gasteiger partial charge in [0.2, 0.25) is 0 Å². The summed E-state index contributed by atoms with van der Waals surface area (Å²) in [7, 11) is 1.33. The van der Waals surface area contributed by atoms with Crippen LogP contribution in [0.2, 0.25) is 0 Å². The minimum Gasteiger partial charge on any atom is -0.465 e. The van der Waals surface area contributed by atoms with Crippen molar-refractivity contribution in [1.29, 1.82) is 0 Å². The second kappa shape index (κ2) is 6.69. The summed E-state index contributed by atoms with van der Waals surface area (Å²) in [6, 6.07) is 9.75. The summed E-state index contributed by atoms with van der Waals surface area (Å²) in [6.07, 6.45) is 1.76. The minimum atomic E-state index is -0.500. The predicted octanol–water partition coefficient (Wildman–Crippen LogP) is 4.24. The molecule has 1 amide bonds. The lowest BCUT2D eigenvalue weighted by Crippen LogP contribution is -2.24. The number of benzene rings is 1. The number of hydrogen-bond donors (Lipinski definition) is 0. The maximum absolute atomic E-state index is 13.1. The van der Waals surface area contributed by atoms with Crippen LogP contribution in [0.15, 0.2) is 52.6 Å². The Morgan fingerprint density at radius 2 is 1.84 bits per heavy atom. The van der Waals surface area contributed by atoms with Crippen LogP contribution in [0.1, 0.15) is 22.9 Å². The highest BCUT2D eigenvalue weighted by atomic mass is 32.1. The van der Waals surface area contributed by atoms with Crippen LogP contribution in [0.3, 0.4) is 0 Å². The molecular weight excluding hydrogens is 334 g/mol. The van der Waals surface area contributed by atoms with E-state index in [0.717, 1.165) is 21.7 Å². The van der Waals surface area contributed by atoms with Gasteiger partial charge in [0, 0.05) is 16.3 Å². The van der Waals surface area contributed by atoms with Crippen molar-refractivity contribution in [3.05, 3.63) is 68.6 Å². The van der Waals surface area contributed by atoms with E-state index in [4.69, 9.17) is 4.74 Å². The molecule has 0 N–H and O–H groups in total. The summed E-state index contributed by atoms with van der Waals surface area (Å²) >= 11 is 1.51. The Bertz CT molecular complexity index is 887. The number of carbonyl (C=O) groups is 2. The lowest BCUT2D eigenvalue weighted by atomic mass is 10.1.